The SMILES string of the molecule is C/C=C\c1ccc([O])cc1. The molecule has 0 N–H and O–H groups in total. The molecule has 0 heterocycles. The maximum absolute atomic E-state index is 10.6. The molecule has 0 aliphatic carbocycles. The van der Waals surface area contributed by atoms with Gasteiger partial charge in [0, 0.05) is 0 Å². The highest BCUT2D eigenvalue weighted by Gasteiger charge is 1.87. The molecule has 0 bridgehead atoms. The molecule has 0 atom stereocenters. The quantitative estimate of drug-likeness (QED) is 0.561. The highest BCUT2D eigenvalue weighted by atomic mass is 16.3. The van der Waals surface area contributed by atoms with Crippen molar-refractivity contribution < 1.29 is 5.11 Å². The molecule has 10 heavy (non-hydrogen) atoms. The smallest absolute Gasteiger partial charge is 0.178 e. The van der Waals surface area contributed by atoms with E-state index < -0.39 is 0 Å². The molecule has 1 aromatic carbocycles. The summed E-state index contributed by atoms with van der Waals surface area (Å²) < 4.78 is 0. The molecular formula is C9H9O. The average molecular weight is 133 g/mol. The van der Waals surface area contributed by atoms with E-state index >= 15 is 0 Å². The van der Waals surface area contributed by atoms with E-state index in [2.05, 4.69) is 0 Å². The molecule has 0 spiro atoms. The lowest BCUT2D eigenvalue weighted by molar-refractivity contribution is 0.355. The minimum Gasteiger partial charge on any atom is -0.290 e. The number of rotatable bonds is 1. The lowest BCUT2D eigenvalue weighted by Crippen LogP contribution is -1.67. The molecule has 0 aliphatic heterocycles. The van der Waals surface area contributed by atoms with Crippen LogP contribution < -0.4 is 0 Å². The van der Waals surface area contributed by atoms with E-state index in [-0.39, 0.29) is 5.75 Å². The molecule has 0 unspecified atom stereocenters. The summed E-state index contributed by atoms with van der Waals surface area (Å²) in [4.78, 5) is 0. The predicted molar refractivity (Wildman–Crippen MR) is 41.3 cm³/mol. The van der Waals surface area contributed by atoms with Crippen molar-refractivity contribution in [1.82, 2.24) is 0 Å². The Hall–Kier alpha value is -1.24. The van der Waals surface area contributed by atoms with E-state index in [1.165, 1.54) is 0 Å². The van der Waals surface area contributed by atoms with Gasteiger partial charge in [-0.2, -0.15) is 0 Å². The fraction of sp³-hybridized carbons (Fsp3) is 0.111. The van der Waals surface area contributed by atoms with Crippen LogP contribution in [0.4, 0.5) is 0 Å². The summed E-state index contributed by atoms with van der Waals surface area (Å²) in [7, 11) is 0. The zero-order chi connectivity index (χ0) is 7.40. The topological polar surface area (TPSA) is 19.9 Å². The number of hydrogen-bond donors (Lipinski definition) is 0. The molecule has 0 fully saturated rings. The first-order valence-corrected chi connectivity index (χ1v) is 3.22. The average Bonchev–Trinajstić information content (AvgIpc) is 1.95. The van der Waals surface area contributed by atoms with Crippen LogP contribution in [0.25, 0.3) is 6.08 Å². The van der Waals surface area contributed by atoms with Crippen LogP contribution in [0, 0.1) is 0 Å². The molecule has 1 nitrogen and oxygen atoms in total. The van der Waals surface area contributed by atoms with E-state index in [1.54, 1.807) is 12.1 Å². The van der Waals surface area contributed by atoms with Crippen molar-refractivity contribution in [3.8, 4) is 5.75 Å². The second kappa shape index (κ2) is 3.06. The largest absolute Gasteiger partial charge is 0.290 e. The van der Waals surface area contributed by atoms with Crippen molar-refractivity contribution in [3.63, 3.8) is 0 Å². The van der Waals surface area contributed by atoms with Gasteiger partial charge in [-0.3, -0.25) is 5.11 Å². The maximum Gasteiger partial charge on any atom is 0.178 e. The van der Waals surface area contributed by atoms with Crippen LogP contribution in [0.15, 0.2) is 30.3 Å². The minimum absolute atomic E-state index is 0.0632. The Kier molecular flexibility index (Phi) is 2.11. The second-order valence-corrected chi connectivity index (χ2v) is 2.07. The van der Waals surface area contributed by atoms with Crippen LogP contribution in [-0.4, -0.2) is 0 Å². The van der Waals surface area contributed by atoms with Crippen molar-refractivity contribution in [2.75, 3.05) is 0 Å². The van der Waals surface area contributed by atoms with Gasteiger partial charge < -0.3 is 0 Å². The molecule has 51 valence electrons. The summed E-state index contributed by atoms with van der Waals surface area (Å²) in [6.45, 7) is 1.95. The number of benzene rings is 1. The Bertz CT molecular complexity index is 221. The fourth-order valence-electron chi connectivity index (χ4n) is 0.771. The van der Waals surface area contributed by atoms with Crippen molar-refractivity contribution in [1.29, 1.82) is 0 Å². The van der Waals surface area contributed by atoms with Crippen LogP contribution >= 0.6 is 0 Å². The van der Waals surface area contributed by atoms with E-state index in [0.717, 1.165) is 5.56 Å². The molecule has 0 amide bonds. The van der Waals surface area contributed by atoms with Crippen LogP contribution in [0.2, 0.25) is 0 Å². The first kappa shape index (κ1) is 6.87. The van der Waals surface area contributed by atoms with Gasteiger partial charge in [0.05, 0.1) is 0 Å². The molecular weight excluding hydrogens is 124 g/mol. The maximum atomic E-state index is 10.6. The van der Waals surface area contributed by atoms with Crippen molar-refractivity contribution in [3.05, 3.63) is 35.9 Å². The highest BCUT2D eigenvalue weighted by molar-refractivity contribution is 5.49. The molecule has 1 heteroatoms. The molecule has 1 radical (unpaired) electrons. The van der Waals surface area contributed by atoms with E-state index in [0.29, 0.717) is 0 Å². The summed E-state index contributed by atoms with van der Waals surface area (Å²) >= 11 is 0. The van der Waals surface area contributed by atoms with Gasteiger partial charge in [-0.25, -0.2) is 0 Å². The zero-order valence-corrected chi connectivity index (χ0v) is 5.87. The van der Waals surface area contributed by atoms with E-state index in [1.807, 2.05) is 31.2 Å². The molecule has 0 saturated carbocycles. The standard InChI is InChI=1S/C9H9O/c1-2-3-8-4-6-9(10)7-5-8/h2-7H,1H3/b3-2-. The Balaban J connectivity index is 2.89. The van der Waals surface area contributed by atoms with Gasteiger partial charge in [-0.1, -0.05) is 24.3 Å². The third-order valence-corrected chi connectivity index (χ3v) is 1.24. The Morgan fingerprint density at radius 2 is 1.80 bits per heavy atom. The Labute approximate surface area is 60.6 Å². The zero-order valence-electron chi connectivity index (χ0n) is 5.87. The molecule has 1 aromatic rings. The van der Waals surface area contributed by atoms with Crippen molar-refractivity contribution >= 4 is 6.08 Å². The number of hydrogen-bond acceptors (Lipinski definition) is 0. The normalized spacial score (nSPS) is 10.5. The third kappa shape index (κ3) is 1.62. The van der Waals surface area contributed by atoms with Crippen molar-refractivity contribution in [2.24, 2.45) is 0 Å². The summed E-state index contributed by atoms with van der Waals surface area (Å²) in [5.41, 5.74) is 1.07. The van der Waals surface area contributed by atoms with Crippen LogP contribution in [-0.2, 0) is 5.11 Å². The van der Waals surface area contributed by atoms with Crippen LogP contribution in [0.5, 0.6) is 5.75 Å². The van der Waals surface area contributed by atoms with Gasteiger partial charge in [0.2, 0.25) is 0 Å². The highest BCUT2D eigenvalue weighted by Crippen LogP contribution is 2.10. The van der Waals surface area contributed by atoms with Crippen LogP contribution in [0.1, 0.15) is 12.5 Å². The van der Waals surface area contributed by atoms with Gasteiger partial charge in [0.1, 0.15) is 0 Å². The first-order valence-electron chi connectivity index (χ1n) is 3.22. The molecule has 0 saturated heterocycles. The molecule has 0 aliphatic rings. The Morgan fingerprint density at radius 3 is 2.30 bits per heavy atom. The van der Waals surface area contributed by atoms with Gasteiger partial charge >= 0.3 is 0 Å². The summed E-state index contributed by atoms with van der Waals surface area (Å²) in [5, 5.41) is 10.6. The van der Waals surface area contributed by atoms with Crippen LogP contribution in [0.3, 0.4) is 0 Å². The van der Waals surface area contributed by atoms with Gasteiger partial charge in [0.15, 0.2) is 5.75 Å². The van der Waals surface area contributed by atoms with Gasteiger partial charge in [-0.15, -0.1) is 0 Å². The van der Waals surface area contributed by atoms with E-state index in [4.69, 9.17) is 0 Å². The summed E-state index contributed by atoms with van der Waals surface area (Å²) in [6, 6.07) is 6.75. The Morgan fingerprint density at radius 1 is 1.20 bits per heavy atom. The van der Waals surface area contributed by atoms with Gasteiger partial charge in [0.25, 0.3) is 0 Å². The molecule has 0 aromatic heterocycles. The minimum atomic E-state index is 0.0632. The van der Waals surface area contributed by atoms with Gasteiger partial charge in [-0.05, 0) is 24.6 Å². The molecule has 1 rings (SSSR count). The fourth-order valence-corrected chi connectivity index (χ4v) is 0.771. The third-order valence-electron chi connectivity index (χ3n) is 1.24. The summed E-state index contributed by atoms with van der Waals surface area (Å²) in [5.74, 6) is 0.0632. The van der Waals surface area contributed by atoms with E-state index in [9.17, 15) is 5.11 Å². The summed E-state index contributed by atoms with van der Waals surface area (Å²) in [6.07, 6.45) is 3.90. The lowest BCUT2D eigenvalue weighted by atomic mass is 10.2. The first-order chi connectivity index (χ1) is 4.83. The monoisotopic (exact) mass is 133 g/mol. The second-order valence-electron chi connectivity index (χ2n) is 2.07. The van der Waals surface area contributed by atoms with Crippen molar-refractivity contribution in [2.45, 2.75) is 6.92 Å². The lowest BCUT2D eigenvalue weighted by Gasteiger charge is -1.89. The number of allylic oxidation sites excluding steroid dienone is 1. The predicted octanol–water partition coefficient (Wildman–Crippen LogP) is 2.86.